The van der Waals surface area contributed by atoms with Crippen molar-refractivity contribution in [3.63, 3.8) is 0 Å². The van der Waals surface area contributed by atoms with Crippen LogP contribution in [0.5, 0.6) is 0 Å². The third kappa shape index (κ3) is 2.07. The molecule has 0 spiro atoms. The molecule has 0 heterocycles. The molecule has 2 aliphatic carbocycles. The predicted octanol–water partition coefficient (Wildman–Crippen LogP) is 2.95. The maximum absolute atomic E-state index is 3.76. The van der Waals surface area contributed by atoms with Crippen LogP contribution in [-0.4, -0.2) is 12.1 Å². The molecule has 2 saturated carbocycles. The van der Waals surface area contributed by atoms with Crippen molar-refractivity contribution in [2.45, 2.75) is 65.0 Å². The number of hydrogen-bond donors (Lipinski definition) is 1. The summed E-state index contributed by atoms with van der Waals surface area (Å²) in [6, 6.07) is 1.72. The summed E-state index contributed by atoms with van der Waals surface area (Å²) in [5, 5.41) is 3.76. The minimum Gasteiger partial charge on any atom is -0.311 e. The highest BCUT2D eigenvalue weighted by Gasteiger charge is 2.38. The third-order valence-corrected chi connectivity index (χ3v) is 4.22. The average Bonchev–Trinajstić information content (AvgIpc) is 2.76. The molecule has 0 radical (unpaired) electrons. The van der Waals surface area contributed by atoms with Crippen molar-refractivity contribution in [2.75, 3.05) is 0 Å². The normalized spacial score (nSPS) is 40.2. The molecule has 0 aliphatic heterocycles. The molecule has 0 aromatic heterocycles. The van der Waals surface area contributed by atoms with Crippen molar-refractivity contribution in [1.29, 1.82) is 0 Å². The first-order chi connectivity index (χ1) is 6.10. The van der Waals surface area contributed by atoms with Gasteiger partial charge < -0.3 is 5.32 Å². The van der Waals surface area contributed by atoms with Crippen LogP contribution in [0.2, 0.25) is 0 Å². The third-order valence-electron chi connectivity index (χ3n) is 4.22. The van der Waals surface area contributed by atoms with Gasteiger partial charge in [0, 0.05) is 12.1 Å². The molecule has 0 saturated heterocycles. The van der Waals surface area contributed by atoms with E-state index in [1.54, 1.807) is 0 Å². The van der Waals surface area contributed by atoms with Crippen LogP contribution in [0, 0.1) is 11.3 Å². The Balaban J connectivity index is 1.84. The van der Waals surface area contributed by atoms with E-state index >= 15 is 0 Å². The number of rotatable bonds is 3. The van der Waals surface area contributed by atoms with Gasteiger partial charge >= 0.3 is 0 Å². The zero-order valence-electron chi connectivity index (χ0n) is 9.27. The molecule has 0 bridgehead atoms. The lowest BCUT2D eigenvalue weighted by Gasteiger charge is -2.29. The molecule has 2 unspecified atom stereocenters. The van der Waals surface area contributed by atoms with Crippen molar-refractivity contribution >= 4 is 0 Å². The van der Waals surface area contributed by atoms with E-state index in [0.29, 0.717) is 5.41 Å². The molecule has 2 atom stereocenters. The molecule has 2 rings (SSSR count). The molecule has 2 fully saturated rings. The van der Waals surface area contributed by atoms with Gasteiger partial charge in [0.25, 0.3) is 0 Å². The molecule has 0 aromatic carbocycles. The van der Waals surface area contributed by atoms with Crippen LogP contribution in [0.4, 0.5) is 0 Å². The SMILES string of the molecule is CC(C)C1(C)CCC(NC2CC2)C1. The van der Waals surface area contributed by atoms with Crippen molar-refractivity contribution in [2.24, 2.45) is 11.3 Å². The number of nitrogens with one attached hydrogen (secondary N) is 1. The molecule has 1 heteroatoms. The molecule has 13 heavy (non-hydrogen) atoms. The van der Waals surface area contributed by atoms with Gasteiger partial charge in [-0.3, -0.25) is 0 Å². The summed E-state index contributed by atoms with van der Waals surface area (Å²) in [5.41, 5.74) is 0.618. The minimum absolute atomic E-state index is 0.618. The zero-order valence-corrected chi connectivity index (χ0v) is 9.27. The quantitative estimate of drug-likeness (QED) is 0.706. The fourth-order valence-electron chi connectivity index (χ4n) is 2.52. The van der Waals surface area contributed by atoms with Crippen LogP contribution in [0.3, 0.4) is 0 Å². The molecular weight excluding hydrogens is 158 g/mol. The van der Waals surface area contributed by atoms with Crippen LogP contribution in [0.15, 0.2) is 0 Å². The smallest absolute Gasteiger partial charge is 0.00751 e. The largest absolute Gasteiger partial charge is 0.311 e. The first kappa shape index (κ1) is 9.51. The second kappa shape index (κ2) is 3.27. The maximum atomic E-state index is 3.76. The van der Waals surface area contributed by atoms with Crippen molar-refractivity contribution in [3.05, 3.63) is 0 Å². The highest BCUT2D eigenvalue weighted by Crippen LogP contribution is 2.44. The van der Waals surface area contributed by atoms with E-state index in [4.69, 9.17) is 0 Å². The summed E-state index contributed by atoms with van der Waals surface area (Å²) >= 11 is 0. The average molecular weight is 181 g/mol. The highest BCUT2D eigenvalue weighted by atomic mass is 15.0. The van der Waals surface area contributed by atoms with Crippen molar-refractivity contribution in [3.8, 4) is 0 Å². The van der Waals surface area contributed by atoms with Gasteiger partial charge in [0.1, 0.15) is 0 Å². The van der Waals surface area contributed by atoms with E-state index in [9.17, 15) is 0 Å². The molecule has 1 N–H and O–H groups in total. The second-order valence-electron chi connectivity index (χ2n) is 5.69. The van der Waals surface area contributed by atoms with Crippen LogP contribution in [0.1, 0.15) is 52.9 Å². The van der Waals surface area contributed by atoms with E-state index in [-0.39, 0.29) is 0 Å². The van der Waals surface area contributed by atoms with Gasteiger partial charge in [-0.25, -0.2) is 0 Å². The standard InChI is InChI=1S/C12H23N/c1-9(2)12(3)7-6-11(8-12)13-10-4-5-10/h9-11,13H,4-8H2,1-3H3. The van der Waals surface area contributed by atoms with Crippen molar-refractivity contribution in [1.82, 2.24) is 5.32 Å². The van der Waals surface area contributed by atoms with Crippen LogP contribution in [-0.2, 0) is 0 Å². The van der Waals surface area contributed by atoms with Gasteiger partial charge in [0.05, 0.1) is 0 Å². The topological polar surface area (TPSA) is 12.0 Å². The van der Waals surface area contributed by atoms with E-state index in [1.807, 2.05) is 0 Å². The van der Waals surface area contributed by atoms with E-state index in [0.717, 1.165) is 18.0 Å². The first-order valence-corrected chi connectivity index (χ1v) is 5.86. The molecule has 1 nitrogen and oxygen atoms in total. The molecular formula is C12H23N. The lowest BCUT2D eigenvalue weighted by atomic mass is 9.77. The maximum Gasteiger partial charge on any atom is 0.00751 e. The Kier molecular flexibility index (Phi) is 2.39. The van der Waals surface area contributed by atoms with E-state index in [1.165, 1.54) is 32.1 Å². The van der Waals surface area contributed by atoms with Crippen molar-refractivity contribution < 1.29 is 0 Å². The summed E-state index contributed by atoms with van der Waals surface area (Å²) in [6.07, 6.45) is 7.09. The van der Waals surface area contributed by atoms with Crippen LogP contribution >= 0.6 is 0 Å². The zero-order chi connectivity index (χ0) is 9.47. The predicted molar refractivity (Wildman–Crippen MR) is 56.7 cm³/mol. The summed E-state index contributed by atoms with van der Waals surface area (Å²) < 4.78 is 0. The van der Waals surface area contributed by atoms with E-state index < -0.39 is 0 Å². The monoisotopic (exact) mass is 181 g/mol. The Bertz CT molecular complexity index is 184. The molecule has 2 aliphatic rings. The first-order valence-electron chi connectivity index (χ1n) is 5.86. The van der Waals surface area contributed by atoms with Crippen LogP contribution < -0.4 is 5.32 Å². The summed E-state index contributed by atoms with van der Waals surface area (Å²) in [6.45, 7) is 7.21. The summed E-state index contributed by atoms with van der Waals surface area (Å²) in [5.74, 6) is 0.846. The fourth-order valence-corrected chi connectivity index (χ4v) is 2.52. The Morgan fingerprint density at radius 3 is 2.31 bits per heavy atom. The Hall–Kier alpha value is -0.0400. The van der Waals surface area contributed by atoms with Gasteiger partial charge in [-0.1, -0.05) is 20.8 Å². The molecule has 0 aromatic rings. The van der Waals surface area contributed by atoms with Gasteiger partial charge in [-0.05, 0) is 43.4 Å². The fraction of sp³-hybridized carbons (Fsp3) is 1.00. The molecule has 0 amide bonds. The summed E-state index contributed by atoms with van der Waals surface area (Å²) in [7, 11) is 0. The van der Waals surface area contributed by atoms with Gasteiger partial charge in [-0.15, -0.1) is 0 Å². The lowest BCUT2D eigenvalue weighted by molar-refractivity contribution is 0.221. The Morgan fingerprint density at radius 2 is 1.85 bits per heavy atom. The number of hydrogen-bond acceptors (Lipinski definition) is 1. The van der Waals surface area contributed by atoms with Gasteiger partial charge in [0.2, 0.25) is 0 Å². The lowest BCUT2D eigenvalue weighted by Crippen LogP contribution is -2.30. The van der Waals surface area contributed by atoms with E-state index in [2.05, 4.69) is 26.1 Å². The highest BCUT2D eigenvalue weighted by molar-refractivity contribution is 4.94. The van der Waals surface area contributed by atoms with Gasteiger partial charge in [-0.2, -0.15) is 0 Å². The molecule has 76 valence electrons. The Morgan fingerprint density at radius 1 is 1.15 bits per heavy atom. The Labute approximate surface area is 82.3 Å². The second-order valence-corrected chi connectivity index (χ2v) is 5.69. The minimum atomic E-state index is 0.618. The summed E-state index contributed by atoms with van der Waals surface area (Å²) in [4.78, 5) is 0. The van der Waals surface area contributed by atoms with Gasteiger partial charge in [0.15, 0.2) is 0 Å². The van der Waals surface area contributed by atoms with Crippen LogP contribution in [0.25, 0.3) is 0 Å².